The van der Waals surface area contributed by atoms with Crippen molar-refractivity contribution >= 4 is 32.3 Å². The maximum atomic E-state index is 12.7. The lowest BCUT2D eigenvalue weighted by Gasteiger charge is -2.11. The Balaban J connectivity index is 2.01. The summed E-state index contributed by atoms with van der Waals surface area (Å²) in [7, 11) is -3.81. The van der Waals surface area contributed by atoms with Gasteiger partial charge in [0.1, 0.15) is 6.07 Å². The topological polar surface area (TPSA) is 138 Å². The zero-order valence-electron chi connectivity index (χ0n) is 13.9. The molecule has 0 aliphatic carbocycles. The molecule has 3 aromatic rings. The van der Waals surface area contributed by atoms with Gasteiger partial charge in [0, 0.05) is 17.8 Å². The molecule has 0 aliphatic rings. The number of nitrogens with two attached hydrogens (primary N) is 2. The van der Waals surface area contributed by atoms with Gasteiger partial charge >= 0.3 is 0 Å². The molecule has 3 rings (SSSR count). The summed E-state index contributed by atoms with van der Waals surface area (Å²) >= 11 is 0. The average molecular weight is 367 g/mol. The predicted octanol–water partition coefficient (Wildman–Crippen LogP) is 2.36. The molecule has 132 valence electrons. The van der Waals surface area contributed by atoms with Gasteiger partial charge in [0.15, 0.2) is 0 Å². The summed E-state index contributed by atoms with van der Waals surface area (Å²) in [4.78, 5) is 3.06. The lowest BCUT2D eigenvalue weighted by molar-refractivity contribution is 0.601. The van der Waals surface area contributed by atoms with E-state index in [-0.39, 0.29) is 4.90 Å². The fourth-order valence-corrected chi connectivity index (χ4v) is 3.79. The van der Waals surface area contributed by atoms with Crippen LogP contribution in [0.4, 0.5) is 5.69 Å². The van der Waals surface area contributed by atoms with Crippen molar-refractivity contribution < 1.29 is 8.42 Å². The molecule has 7 nitrogen and oxygen atoms in total. The Morgan fingerprint density at radius 3 is 2.54 bits per heavy atom. The zero-order chi connectivity index (χ0) is 18.9. The molecule has 0 saturated heterocycles. The molecular weight excluding hydrogens is 350 g/mol. The molecular formula is C18H17N5O2S. The number of sulfonamides is 1. The molecule has 26 heavy (non-hydrogen) atoms. The molecule has 6 N–H and O–H groups in total. The van der Waals surface area contributed by atoms with Crippen LogP contribution in [0.3, 0.4) is 0 Å². The van der Waals surface area contributed by atoms with Crippen LogP contribution < -0.4 is 16.2 Å². The summed E-state index contributed by atoms with van der Waals surface area (Å²) in [5.41, 5.74) is 14.4. The maximum Gasteiger partial charge on any atom is 0.261 e. The SMILES string of the molecule is Cc1ccc(NS(=O)(=O)c2ccc(/C(N)=C/N)cc2)c2[nH]cc(C#N)c12. The highest BCUT2D eigenvalue weighted by Crippen LogP contribution is 2.30. The number of nitrogens with zero attached hydrogens (tertiary/aromatic N) is 1. The molecule has 0 bridgehead atoms. The van der Waals surface area contributed by atoms with E-state index < -0.39 is 10.0 Å². The van der Waals surface area contributed by atoms with Crippen molar-refractivity contribution in [3.63, 3.8) is 0 Å². The third-order valence-electron chi connectivity index (χ3n) is 4.09. The quantitative estimate of drug-likeness (QED) is 0.561. The van der Waals surface area contributed by atoms with E-state index >= 15 is 0 Å². The van der Waals surface area contributed by atoms with Gasteiger partial charge in [-0.05, 0) is 36.2 Å². The number of H-pyrrole nitrogens is 1. The number of hydrogen-bond acceptors (Lipinski definition) is 5. The second-order valence-corrected chi connectivity index (χ2v) is 7.43. The highest BCUT2D eigenvalue weighted by molar-refractivity contribution is 7.92. The minimum absolute atomic E-state index is 0.0897. The molecule has 0 spiro atoms. The number of aromatic nitrogens is 1. The van der Waals surface area contributed by atoms with Crippen LogP contribution in [0.25, 0.3) is 16.6 Å². The third-order valence-corrected chi connectivity index (χ3v) is 5.47. The monoisotopic (exact) mass is 367 g/mol. The fraction of sp³-hybridized carbons (Fsp3) is 0.0556. The van der Waals surface area contributed by atoms with Gasteiger partial charge in [-0.3, -0.25) is 4.72 Å². The van der Waals surface area contributed by atoms with Crippen LogP contribution >= 0.6 is 0 Å². The van der Waals surface area contributed by atoms with E-state index in [1.165, 1.54) is 18.3 Å². The van der Waals surface area contributed by atoms with E-state index in [1.54, 1.807) is 30.5 Å². The molecule has 0 atom stereocenters. The first-order valence-corrected chi connectivity index (χ1v) is 9.17. The summed E-state index contributed by atoms with van der Waals surface area (Å²) < 4.78 is 28.0. The number of benzene rings is 2. The van der Waals surface area contributed by atoms with Gasteiger partial charge in [0.25, 0.3) is 10.0 Å². The van der Waals surface area contributed by atoms with Gasteiger partial charge in [-0.15, -0.1) is 0 Å². The van der Waals surface area contributed by atoms with Crippen LogP contribution in [-0.4, -0.2) is 13.4 Å². The number of fused-ring (bicyclic) bond motifs is 1. The van der Waals surface area contributed by atoms with Crippen molar-refractivity contribution in [1.29, 1.82) is 5.26 Å². The fourth-order valence-electron chi connectivity index (χ4n) is 2.72. The summed E-state index contributed by atoms with van der Waals surface area (Å²) in [6, 6.07) is 11.6. The summed E-state index contributed by atoms with van der Waals surface area (Å²) in [5, 5.41) is 9.91. The smallest absolute Gasteiger partial charge is 0.261 e. The molecule has 0 saturated carbocycles. The van der Waals surface area contributed by atoms with Crippen molar-refractivity contribution in [3.05, 3.63) is 65.5 Å². The van der Waals surface area contributed by atoms with E-state index in [0.717, 1.165) is 5.56 Å². The number of nitriles is 1. The standard InChI is InChI=1S/C18H17N5O2S/c1-11-2-7-16(18-17(11)13(8-19)10-22-18)23-26(24,25)14-5-3-12(4-6-14)15(21)9-20/h2-7,9-10,22-23H,20-21H2,1H3/b15-9-. The number of aryl methyl sites for hydroxylation is 1. The lowest BCUT2D eigenvalue weighted by atomic mass is 10.1. The van der Waals surface area contributed by atoms with Crippen molar-refractivity contribution in [2.75, 3.05) is 4.72 Å². The normalized spacial score (nSPS) is 12.1. The minimum atomic E-state index is -3.81. The minimum Gasteiger partial charge on any atom is -0.403 e. The largest absolute Gasteiger partial charge is 0.403 e. The Labute approximate surface area is 151 Å². The first kappa shape index (κ1) is 17.4. The molecule has 0 aliphatic heterocycles. The summed E-state index contributed by atoms with van der Waals surface area (Å²) in [6.07, 6.45) is 2.81. The van der Waals surface area contributed by atoms with Crippen LogP contribution in [-0.2, 0) is 10.0 Å². The van der Waals surface area contributed by atoms with E-state index in [2.05, 4.69) is 15.8 Å². The van der Waals surface area contributed by atoms with Gasteiger partial charge < -0.3 is 16.5 Å². The Bertz CT molecular complexity index is 1150. The van der Waals surface area contributed by atoms with Crippen LogP contribution in [0.15, 0.2) is 53.7 Å². The van der Waals surface area contributed by atoms with E-state index in [0.29, 0.717) is 33.4 Å². The number of aromatic amines is 1. The van der Waals surface area contributed by atoms with Crippen LogP contribution in [0.5, 0.6) is 0 Å². The second kappa shape index (κ2) is 6.46. The van der Waals surface area contributed by atoms with Gasteiger partial charge in [0.2, 0.25) is 0 Å². The Hall–Kier alpha value is -3.44. The zero-order valence-corrected chi connectivity index (χ0v) is 14.8. The van der Waals surface area contributed by atoms with Crippen molar-refractivity contribution in [3.8, 4) is 6.07 Å². The Morgan fingerprint density at radius 1 is 1.23 bits per heavy atom. The van der Waals surface area contributed by atoms with Crippen molar-refractivity contribution in [1.82, 2.24) is 4.98 Å². The van der Waals surface area contributed by atoms with Crippen LogP contribution in [0.2, 0.25) is 0 Å². The number of hydrogen-bond donors (Lipinski definition) is 4. The van der Waals surface area contributed by atoms with Crippen LogP contribution in [0, 0.1) is 18.3 Å². The number of rotatable bonds is 4. The van der Waals surface area contributed by atoms with Gasteiger partial charge in [-0.1, -0.05) is 18.2 Å². The van der Waals surface area contributed by atoms with Gasteiger partial charge in [0.05, 0.1) is 27.4 Å². The predicted molar refractivity (Wildman–Crippen MR) is 101 cm³/mol. The van der Waals surface area contributed by atoms with E-state index in [4.69, 9.17) is 11.5 Å². The van der Waals surface area contributed by atoms with Crippen molar-refractivity contribution in [2.24, 2.45) is 11.5 Å². The average Bonchev–Trinajstić information content (AvgIpc) is 3.09. The molecule has 2 aromatic carbocycles. The maximum absolute atomic E-state index is 12.7. The van der Waals surface area contributed by atoms with Gasteiger partial charge in [-0.2, -0.15) is 5.26 Å². The third kappa shape index (κ3) is 2.96. The van der Waals surface area contributed by atoms with E-state index in [1.807, 2.05) is 6.92 Å². The molecule has 0 radical (unpaired) electrons. The molecule has 0 unspecified atom stereocenters. The van der Waals surface area contributed by atoms with Crippen molar-refractivity contribution in [2.45, 2.75) is 11.8 Å². The Kier molecular flexibility index (Phi) is 4.32. The second-order valence-electron chi connectivity index (χ2n) is 5.75. The number of nitrogens with one attached hydrogen (secondary N) is 2. The summed E-state index contributed by atoms with van der Waals surface area (Å²) in [5.74, 6) is 0. The lowest BCUT2D eigenvalue weighted by Crippen LogP contribution is -2.13. The first-order valence-electron chi connectivity index (χ1n) is 7.69. The highest BCUT2D eigenvalue weighted by atomic mass is 32.2. The first-order chi connectivity index (χ1) is 12.4. The molecule has 0 fully saturated rings. The summed E-state index contributed by atoms with van der Waals surface area (Å²) in [6.45, 7) is 1.86. The molecule has 1 heterocycles. The Morgan fingerprint density at radius 2 is 1.92 bits per heavy atom. The number of anilines is 1. The molecule has 8 heteroatoms. The highest BCUT2D eigenvalue weighted by Gasteiger charge is 2.18. The van der Waals surface area contributed by atoms with Gasteiger partial charge in [-0.25, -0.2) is 8.42 Å². The van der Waals surface area contributed by atoms with E-state index in [9.17, 15) is 13.7 Å². The molecule has 1 aromatic heterocycles. The molecule has 0 amide bonds. The van der Waals surface area contributed by atoms with Crippen LogP contribution in [0.1, 0.15) is 16.7 Å².